The van der Waals surface area contributed by atoms with E-state index in [0.29, 0.717) is 11.4 Å². The van der Waals surface area contributed by atoms with Crippen LogP contribution < -0.4 is 10.6 Å². The van der Waals surface area contributed by atoms with E-state index in [4.69, 9.17) is 0 Å². The number of nitro benzene ring substituents is 1. The first kappa shape index (κ1) is 28.6. The molecule has 0 saturated heterocycles. The van der Waals surface area contributed by atoms with E-state index in [1.165, 1.54) is 25.1 Å². The van der Waals surface area contributed by atoms with Gasteiger partial charge in [0.15, 0.2) is 0 Å². The average Bonchev–Trinajstić information content (AvgIpc) is 2.86. The molecule has 3 aromatic rings. The number of carbonyl (C=O) groups is 3. The number of aliphatic hydroxyl groups is 1. The Bertz CT molecular complexity index is 1510. The Morgan fingerprint density at radius 3 is 1.98 bits per heavy atom. The Morgan fingerprint density at radius 2 is 1.45 bits per heavy atom. The fraction of sp³-hybridized carbons (Fsp3) is 0.323. The summed E-state index contributed by atoms with van der Waals surface area (Å²) in [4.78, 5) is 52.2. The van der Waals surface area contributed by atoms with Gasteiger partial charge in [-0.05, 0) is 63.4 Å². The van der Waals surface area contributed by atoms with Crippen molar-refractivity contribution in [3.05, 3.63) is 98.6 Å². The maximum absolute atomic E-state index is 13.9. The van der Waals surface area contributed by atoms with Crippen LogP contribution in [0.3, 0.4) is 0 Å². The number of amides is 2. The summed E-state index contributed by atoms with van der Waals surface area (Å²) in [5.74, 6) is -5.62. The zero-order valence-corrected chi connectivity index (χ0v) is 23.1. The molecular formula is C31H33N3O6. The first-order chi connectivity index (χ1) is 18.8. The second-order valence-electron chi connectivity index (χ2n) is 10.9. The SMILES string of the molecule is Cc1ccc(NC(=O)[C@@H]2C(=O)C[C@](C)(O)[C@H](C(=O)Nc3ccc(C)cc3C)[C@H]2c2cccc([N+](=O)[O-])c2)c(C)c1. The summed E-state index contributed by atoms with van der Waals surface area (Å²) < 4.78 is 0. The quantitative estimate of drug-likeness (QED) is 0.223. The van der Waals surface area contributed by atoms with Gasteiger partial charge in [0, 0.05) is 35.8 Å². The predicted octanol–water partition coefficient (Wildman–Crippen LogP) is 5.15. The van der Waals surface area contributed by atoms with Crippen molar-refractivity contribution >= 4 is 34.7 Å². The summed E-state index contributed by atoms with van der Waals surface area (Å²) in [6.45, 7) is 8.90. The van der Waals surface area contributed by atoms with E-state index in [-0.39, 0.29) is 11.3 Å². The van der Waals surface area contributed by atoms with Crippen LogP contribution in [0.1, 0.15) is 47.1 Å². The van der Waals surface area contributed by atoms with E-state index in [9.17, 15) is 29.6 Å². The molecule has 40 heavy (non-hydrogen) atoms. The number of anilines is 2. The van der Waals surface area contributed by atoms with Gasteiger partial charge in [-0.25, -0.2) is 0 Å². The van der Waals surface area contributed by atoms with Crippen molar-refractivity contribution in [2.24, 2.45) is 11.8 Å². The molecular weight excluding hydrogens is 510 g/mol. The molecule has 2 amide bonds. The molecule has 0 aliphatic heterocycles. The van der Waals surface area contributed by atoms with Crippen molar-refractivity contribution < 1.29 is 24.4 Å². The lowest BCUT2D eigenvalue weighted by molar-refractivity contribution is -0.385. The first-order valence-electron chi connectivity index (χ1n) is 13.0. The lowest BCUT2D eigenvalue weighted by Crippen LogP contribution is -2.56. The van der Waals surface area contributed by atoms with E-state index in [0.717, 1.165) is 22.3 Å². The van der Waals surface area contributed by atoms with E-state index in [1.54, 1.807) is 18.2 Å². The molecule has 0 bridgehead atoms. The summed E-state index contributed by atoms with van der Waals surface area (Å²) in [5, 5.41) is 28.8. The zero-order chi connectivity index (χ0) is 29.4. The molecule has 1 fully saturated rings. The third-order valence-corrected chi connectivity index (χ3v) is 7.58. The van der Waals surface area contributed by atoms with Crippen LogP contribution in [0.25, 0.3) is 0 Å². The molecule has 9 nitrogen and oxygen atoms in total. The van der Waals surface area contributed by atoms with Crippen molar-refractivity contribution in [1.29, 1.82) is 0 Å². The summed E-state index contributed by atoms with van der Waals surface area (Å²) in [6, 6.07) is 16.5. The number of hydrogen-bond donors (Lipinski definition) is 3. The normalized spacial score (nSPS) is 22.4. The van der Waals surface area contributed by atoms with E-state index < -0.39 is 52.3 Å². The van der Waals surface area contributed by atoms with Crippen LogP contribution in [0.5, 0.6) is 0 Å². The molecule has 3 aromatic carbocycles. The Hall–Kier alpha value is -4.37. The second kappa shape index (κ2) is 11.0. The molecule has 208 valence electrons. The highest BCUT2D eigenvalue weighted by molar-refractivity contribution is 6.10. The van der Waals surface area contributed by atoms with Gasteiger partial charge in [-0.2, -0.15) is 0 Å². The fourth-order valence-corrected chi connectivity index (χ4v) is 5.67. The smallest absolute Gasteiger partial charge is 0.269 e. The molecule has 1 aliphatic carbocycles. The zero-order valence-electron chi connectivity index (χ0n) is 23.1. The number of nitrogens with one attached hydrogen (secondary N) is 2. The third kappa shape index (κ3) is 5.79. The van der Waals surface area contributed by atoms with Crippen molar-refractivity contribution in [3.8, 4) is 0 Å². The molecule has 3 N–H and O–H groups in total. The van der Waals surface area contributed by atoms with Crippen molar-refractivity contribution in [3.63, 3.8) is 0 Å². The van der Waals surface area contributed by atoms with Crippen LogP contribution in [0.2, 0.25) is 0 Å². The highest BCUT2D eigenvalue weighted by Gasteiger charge is 2.56. The summed E-state index contributed by atoms with van der Waals surface area (Å²) >= 11 is 0. The molecule has 0 unspecified atom stereocenters. The van der Waals surface area contributed by atoms with Crippen LogP contribution in [-0.2, 0) is 14.4 Å². The monoisotopic (exact) mass is 543 g/mol. The number of Topliss-reactive ketones (excluding diaryl/α,β-unsaturated/α-hetero) is 1. The minimum Gasteiger partial charge on any atom is -0.389 e. The van der Waals surface area contributed by atoms with Crippen LogP contribution >= 0.6 is 0 Å². The molecule has 0 spiro atoms. The molecule has 4 rings (SSSR count). The second-order valence-corrected chi connectivity index (χ2v) is 10.9. The highest BCUT2D eigenvalue weighted by Crippen LogP contribution is 2.47. The molecule has 1 saturated carbocycles. The van der Waals surface area contributed by atoms with Gasteiger partial charge in [0.25, 0.3) is 5.69 Å². The Kier molecular flexibility index (Phi) is 7.88. The molecule has 0 heterocycles. The number of nitro groups is 1. The van der Waals surface area contributed by atoms with Gasteiger partial charge >= 0.3 is 0 Å². The van der Waals surface area contributed by atoms with Gasteiger partial charge in [-0.3, -0.25) is 24.5 Å². The van der Waals surface area contributed by atoms with Gasteiger partial charge in [0.05, 0.1) is 16.4 Å². The number of aryl methyl sites for hydroxylation is 4. The Balaban J connectivity index is 1.82. The molecule has 0 radical (unpaired) electrons. The summed E-state index contributed by atoms with van der Waals surface area (Å²) in [7, 11) is 0. The van der Waals surface area contributed by atoms with Crippen LogP contribution in [0, 0.1) is 49.6 Å². The van der Waals surface area contributed by atoms with E-state index in [2.05, 4.69) is 10.6 Å². The summed E-state index contributed by atoms with van der Waals surface area (Å²) in [5.41, 5.74) is 2.79. The lowest BCUT2D eigenvalue weighted by atomic mass is 9.61. The van der Waals surface area contributed by atoms with Gasteiger partial charge in [-0.15, -0.1) is 0 Å². The lowest BCUT2D eigenvalue weighted by Gasteiger charge is -2.44. The maximum Gasteiger partial charge on any atom is 0.269 e. The molecule has 9 heteroatoms. The number of rotatable bonds is 6. The first-order valence-corrected chi connectivity index (χ1v) is 13.0. The number of nitrogens with zero attached hydrogens (tertiary/aromatic N) is 1. The van der Waals surface area contributed by atoms with Crippen LogP contribution in [0.15, 0.2) is 60.7 Å². The van der Waals surface area contributed by atoms with Gasteiger partial charge in [0.2, 0.25) is 11.8 Å². The van der Waals surface area contributed by atoms with Gasteiger partial charge in [-0.1, -0.05) is 47.5 Å². The van der Waals surface area contributed by atoms with Crippen molar-refractivity contribution in [1.82, 2.24) is 0 Å². The number of non-ortho nitro benzene ring substituents is 1. The number of carbonyl (C=O) groups excluding carboxylic acids is 3. The van der Waals surface area contributed by atoms with Crippen molar-refractivity contribution in [2.75, 3.05) is 10.6 Å². The van der Waals surface area contributed by atoms with Gasteiger partial charge < -0.3 is 15.7 Å². The van der Waals surface area contributed by atoms with Crippen LogP contribution in [-0.4, -0.2) is 33.2 Å². The third-order valence-electron chi connectivity index (χ3n) is 7.58. The highest BCUT2D eigenvalue weighted by atomic mass is 16.6. The number of benzene rings is 3. The van der Waals surface area contributed by atoms with Crippen LogP contribution in [0.4, 0.5) is 17.1 Å². The topological polar surface area (TPSA) is 139 Å². The maximum atomic E-state index is 13.9. The fourth-order valence-electron chi connectivity index (χ4n) is 5.67. The largest absolute Gasteiger partial charge is 0.389 e. The summed E-state index contributed by atoms with van der Waals surface area (Å²) in [6.07, 6.45) is -0.436. The Labute approximate surface area is 232 Å². The number of hydrogen-bond acceptors (Lipinski definition) is 6. The Morgan fingerprint density at radius 1 is 0.900 bits per heavy atom. The van der Waals surface area contributed by atoms with E-state index >= 15 is 0 Å². The minimum atomic E-state index is -1.83. The van der Waals surface area contributed by atoms with Crippen molar-refractivity contribution in [2.45, 2.75) is 52.6 Å². The molecule has 0 aromatic heterocycles. The minimum absolute atomic E-state index is 0.240. The standard InChI is InChI=1S/C31H33N3O6/c1-17-9-11-23(19(3)13-17)32-29(36)27-25(35)16-31(5,38)28(26(27)21-7-6-8-22(15-21)34(39)40)30(37)33-24-12-10-18(2)14-20(24)4/h6-15,26-28,38H,16H2,1-5H3,(H,32,36)(H,33,37)/t26-,27+,28-,31-/m0/s1. The molecule has 1 aliphatic rings. The average molecular weight is 544 g/mol. The van der Waals surface area contributed by atoms with Gasteiger partial charge in [0.1, 0.15) is 11.7 Å². The number of ketones is 1. The predicted molar refractivity (Wildman–Crippen MR) is 152 cm³/mol. The van der Waals surface area contributed by atoms with E-state index in [1.807, 2.05) is 52.0 Å². The molecule has 4 atom stereocenters.